The van der Waals surface area contributed by atoms with Gasteiger partial charge in [-0.25, -0.2) is 23.2 Å². The van der Waals surface area contributed by atoms with Gasteiger partial charge in [-0.15, -0.1) is 0 Å². The Balaban J connectivity index is 0.000000151. The van der Waals surface area contributed by atoms with Gasteiger partial charge in [0.25, 0.3) is 17.7 Å². The molecule has 6 aromatic rings. The van der Waals surface area contributed by atoms with E-state index in [0.29, 0.717) is 55.6 Å². The molecule has 68 heavy (non-hydrogen) atoms. The van der Waals surface area contributed by atoms with Crippen molar-refractivity contribution in [2.75, 3.05) is 16.0 Å². The average molecular weight is 939 g/mol. The van der Waals surface area contributed by atoms with E-state index in [2.05, 4.69) is 30.9 Å². The SMILES string of the molecule is Cc1ccc(C2=NC(C(=O)O)C(=O)Nc3ccc(Cl)cc32)cc1.Cc1ccc(C2=NC(C(=O)O)C(=O)Nc3ccc(F)cc32)cc1.O=C(O)C1N=C(c2ccccc2)c2cc(F)ccc2NC1=O. The van der Waals surface area contributed by atoms with E-state index >= 15 is 0 Å². The van der Waals surface area contributed by atoms with Gasteiger partial charge in [-0.05, 0) is 68.4 Å². The highest BCUT2D eigenvalue weighted by Gasteiger charge is 2.34. The summed E-state index contributed by atoms with van der Waals surface area (Å²) in [5, 5.41) is 35.8. The number of carbonyl (C=O) groups is 6. The number of hydrogen-bond donors (Lipinski definition) is 6. The molecule has 3 amide bonds. The molecule has 0 bridgehead atoms. The summed E-state index contributed by atoms with van der Waals surface area (Å²) in [6.07, 6.45) is 0. The van der Waals surface area contributed by atoms with Crippen LogP contribution in [0.4, 0.5) is 25.8 Å². The number of amides is 3. The van der Waals surface area contributed by atoms with Gasteiger partial charge in [0.1, 0.15) is 11.6 Å². The van der Waals surface area contributed by atoms with Crippen LogP contribution < -0.4 is 16.0 Å². The molecule has 0 saturated carbocycles. The highest BCUT2D eigenvalue weighted by molar-refractivity contribution is 6.32. The summed E-state index contributed by atoms with van der Waals surface area (Å²) in [7, 11) is 0. The number of nitrogens with zero attached hydrogens (tertiary/aromatic N) is 3. The molecule has 3 atom stereocenters. The van der Waals surface area contributed by atoms with E-state index in [-0.39, 0.29) is 11.4 Å². The summed E-state index contributed by atoms with van der Waals surface area (Å²) in [4.78, 5) is 82.4. The number of aryl methyl sites for hydroxylation is 2. The summed E-state index contributed by atoms with van der Waals surface area (Å²) in [5.74, 6) is -7.20. The average Bonchev–Trinajstić information content (AvgIpc) is 3.62. The minimum Gasteiger partial charge on any atom is -0.479 e. The Morgan fingerprint density at radius 2 is 0.794 bits per heavy atom. The molecule has 342 valence electrons. The molecule has 0 aromatic heterocycles. The van der Waals surface area contributed by atoms with Gasteiger partial charge in [-0.1, -0.05) is 102 Å². The van der Waals surface area contributed by atoms with Crippen LogP contribution in [0.15, 0.2) is 148 Å². The van der Waals surface area contributed by atoms with Gasteiger partial charge >= 0.3 is 17.9 Å². The molecular weight excluding hydrogens is 902 g/mol. The van der Waals surface area contributed by atoms with Gasteiger partial charge in [-0.2, -0.15) is 0 Å². The molecular formula is C50H37ClF2N6O9. The lowest BCUT2D eigenvalue weighted by atomic mass is 9.99. The molecule has 3 aliphatic rings. The molecule has 0 spiro atoms. The number of hydrogen-bond acceptors (Lipinski definition) is 9. The maximum absolute atomic E-state index is 13.6. The number of carbonyl (C=O) groups excluding carboxylic acids is 3. The second-order valence-corrected chi connectivity index (χ2v) is 15.7. The van der Waals surface area contributed by atoms with Gasteiger partial charge in [-0.3, -0.25) is 29.4 Å². The molecule has 9 rings (SSSR count). The number of rotatable bonds is 6. The second kappa shape index (κ2) is 20.2. The molecule has 3 unspecified atom stereocenters. The Labute approximate surface area is 390 Å². The van der Waals surface area contributed by atoms with Crippen LogP contribution in [0.25, 0.3) is 0 Å². The van der Waals surface area contributed by atoms with Crippen LogP contribution in [-0.2, 0) is 28.8 Å². The molecule has 3 aliphatic heterocycles. The van der Waals surface area contributed by atoms with Gasteiger partial charge in [0.2, 0.25) is 18.1 Å². The highest BCUT2D eigenvalue weighted by Crippen LogP contribution is 2.29. The van der Waals surface area contributed by atoms with Crippen molar-refractivity contribution in [1.82, 2.24) is 0 Å². The topological polar surface area (TPSA) is 236 Å². The maximum Gasteiger partial charge on any atom is 0.338 e. The predicted molar refractivity (Wildman–Crippen MR) is 250 cm³/mol. The number of anilines is 3. The Bertz CT molecular complexity index is 2970. The first-order chi connectivity index (χ1) is 32.5. The van der Waals surface area contributed by atoms with Gasteiger partial charge in [0.05, 0.1) is 34.2 Å². The fraction of sp³-hybridized carbons (Fsp3) is 0.100. The zero-order valence-corrected chi connectivity index (χ0v) is 36.5. The van der Waals surface area contributed by atoms with E-state index in [0.717, 1.165) is 16.7 Å². The van der Waals surface area contributed by atoms with Gasteiger partial charge in [0, 0.05) is 38.4 Å². The van der Waals surface area contributed by atoms with E-state index in [1.54, 1.807) is 60.7 Å². The van der Waals surface area contributed by atoms with Crippen molar-refractivity contribution >= 4 is 81.4 Å². The lowest BCUT2D eigenvalue weighted by molar-refractivity contribution is -0.143. The Morgan fingerprint density at radius 3 is 1.15 bits per heavy atom. The van der Waals surface area contributed by atoms with Crippen LogP contribution in [0.1, 0.15) is 44.5 Å². The standard InChI is InChI=1S/C17H13ClN2O3.C17H13FN2O3.C16H11FN2O3/c2*1-9-2-4-10(5-3-9)14-12-8-11(18)6-7-13(12)19-16(21)15(20-14)17(22)23;17-10-6-7-12-11(8-10)13(9-4-2-1-3-5-9)19-14(16(21)22)15(20)18-12/h2*2-8,15H,1H3,(H,19,21)(H,22,23);1-8,14H,(H,18,20)(H,21,22). The Hall–Kier alpha value is -8.70. The number of aliphatic carboxylic acids is 3. The van der Waals surface area contributed by atoms with Crippen LogP contribution in [0.3, 0.4) is 0 Å². The maximum atomic E-state index is 13.6. The van der Waals surface area contributed by atoms with Crippen molar-refractivity contribution in [2.24, 2.45) is 15.0 Å². The summed E-state index contributed by atoms with van der Waals surface area (Å²) >= 11 is 6.06. The van der Waals surface area contributed by atoms with Crippen LogP contribution >= 0.6 is 11.6 Å². The number of carboxylic acid groups (broad SMARTS) is 3. The number of aliphatic imine (C=N–C) groups is 3. The molecule has 0 saturated heterocycles. The number of benzodiazepines with no additional fused rings is 3. The molecule has 0 radical (unpaired) electrons. The molecule has 0 fully saturated rings. The third kappa shape index (κ3) is 10.7. The number of nitrogens with one attached hydrogen (secondary N) is 3. The molecule has 6 aromatic carbocycles. The Morgan fingerprint density at radius 1 is 0.471 bits per heavy atom. The second-order valence-electron chi connectivity index (χ2n) is 15.3. The van der Waals surface area contributed by atoms with Gasteiger partial charge in [0.15, 0.2) is 0 Å². The van der Waals surface area contributed by atoms with E-state index in [1.165, 1.54) is 36.4 Å². The van der Waals surface area contributed by atoms with Crippen molar-refractivity contribution in [3.63, 3.8) is 0 Å². The smallest absolute Gasteiger partial charge is 0.338 e. The number of halogens is 3. The summed E-state index contributed by atoms with van der Waals surface area (Å²) < 4.78 is 27.2. The molecule has 18 heteroatoms. The minimum absolute atomic E-state index is 0.265. The fourth-order valence-corrected chi connectivity index (χ4v) is 7.22. The monoisotopic (exact) mass is 938 g/mol. The van der Waals surface area contributed by atoms with E-state index in [4.69, 9.17) is 11.6 Å². The lowest BCUT2D eigenvalue weighted by Crippen LogP contribution is -2.32. The van der Waals surface area contributed by atoms with Crippen molar-refractivity contribution < 1.29 is 52.9 Å². The van der Waals surface area contributed by atoms with Crippen LogP contribution in [0.2, 0.25) is 5.02 Å². The molecule has 3 heterocycles. The van der Waals surface area contributed by atoms with E-state index in [9.17, 15) is 52.9 Å². The van der Waals surface area contributed by atoms with Crippen LogP contribution in [-0.4, -0.2) is 86.2 Å². The van der Waals surface area contributed by atoms with E-state index in [1.807, 2.05) is 50.2 Å². The van der Waals surface area contributed by atoms with Crippen LogP contribution in [0, 0.1) is 25.5 Å². The molecule has 0 aliphatic carbocycles. The van der Waals surface area contributed by atoms with Crippen molar-refractivity contribution in [3.8, 4) is 0 Å². The summed E-state index contributed by atoms with van der Waals surface area (Å²) in [6.45, 7) is 3.87. The lowest BCUT2D eigenvalue weighted by Gasteiger charge is -2.10. The zero-order chi connectivity index (χ0) is 48.8. The number of benzene rings is 6. The van der Waals surface area contributed by atoms with E-state index < -0.39 is 65.4 Å². The van der Waals surface area contributed by atoms with Crippen LogP contribution in [0.5, 0.6) is 0 Å². The van der Waals surface area contributed by atoms with Crippen molar-refractivity contribution in [3.05, 3.63) is 195 Å². The third-order valence-electron chi connectivity index (χ3n) is 10.4. The minimum atomic E-state index is -1.58. The fourth-order valence-electron chi connectivity index (χ4n) is 7.05. The first kappa shape index (κ1) is 47.3. The first-order valence-corrected chi connectivity index (χ1v) is 20.8. The molecule has 6 N–H and O–H groups in total. The third-order valence-corrected chi connectivity index (χ3v) is 10.6. The molecule has 15 nitrogen and oxygen atoms in total. The summed E-state index contributed by atoms with van der Waals surface area (Å²) in [5.41, 5.74) is 7.45. The summed E-state index contributed by atoms with van der Waals surface area (Å²) in [6, 6.07) is 31.4. The zero-order valence-electron chi connectivity index (χ0n) is 35.7. The normalized spacial score (nSPS) is 16.9. The number of fused-ring (bicyclic) bond motifs is 3. The van der Waals surface area contributed by atoms with Gasteiger partial charge < -0.3 is 31.3 Å². The van der Waals surface area contributed by atoms with Crippen molar-refractivity contribution in [2.45, 2.75) is 32.0 Å². The largest absolute Gasteiger partial charge is 0.479 e. The number of carboxylic acids is 3. The Kier molecular flexibility index (Phi) is 14.1. The van der Waals surface area contributed by atoms with Crippen molar-refractivity contribution in [1.29, 1.82) is 0 Å². The quantitative estimate of drug-likeness (QED) is 0.0916. The predicted octanol–water partition coefficient (Wildman–Crippen LogP) is 7.34. The highest BCUT2D eigenvalue weighted by atomic mass is 35.5. The first-order valence-electron chi connectivity index (χ1n) is 20.4.